The van der Waals surface area contributed by atoms with Gasteiger partial charge < -0.3 is 0 Å². The molecule has 0 aromatic rings. The first-order chi connectivity index (χ1) is 16.7. The molecule has 0 aromatic carbocycles. The molecule has 0 saturated heterocycles. The minimum atomic E-state index is 0.977. The zero-order valence-corrected chi connectivity index (χ0v) is 23.6. The molecule has 0 radical (unpaired) electrons. The summed E-state index contributed by atoms with van der Waals surface area (Å²) >= 11 is 0. The van der Waals surface area contributed by atoms with Gasteiger partial charge in [-0.3, -0.25) is 0 Å². The Kier molecular flexibility index (Phi) is 11.7. The van der Waals surface area contributed by atoms with E-state index in [1.807, 2.05) is 0 Å². The van der Waals surface area contributed by atoms with Crippen molar-refractivity contribution in [3.05, 3.63) is 0 Å². The molecule has 0 nitrogen and oxygen atoms in total. The first kappa shape index (κ1) is 27.0. The summed E-state index contributed by atoms with van der Waals surface area (Å²) in [5, 5.41) is 0. The van der Waals surface area contributed by atoms with Crippen molar-refractivity contribution in [1.82, 2.24) is 0 Å². The lowest BCUT2D eigenvalue weighted by Gasteiger charge is -2.43. The highest BCUT2D eigenvalue weighted by atomic mass is 14.4. The van der Waals surface area contributed by atoms with E-state index < -0.39 is 0 Å². The average molecular weight is 471 g/mol. The molecule has 198 valence electrons. The first-order valence-electron chi connectivity index (χ1n) is 16.7. The van der Waals surface area contributed by atoms with Crippen molar-refractivity contribution in [2.75, 3.05) is 0 Å². The van der Waals surface area contributed by atoms with Crippen LogP contribution in [0.3, 0.4) is 0 Å². The van der Waals surface area contributed by atoms with Gasteiger partial charge >= 0.3 is 0 Å². The van der Waals surface area contributed by atoms with Crippen molar-refractivity contribution >= 4 is 0 Å². The smallest absolute Gasteiger partial charge is 0.0355 e. The minimum Gasteiger partial charge on any atom is -0.0625 e. The lowest BCUT2D eigenvalue weighted by Crippen LogP contribution is -2.34. The predicted octanol–water partition coefficient (Wildman–Crippen LogP) is 11.4. The zero-order valence-electron chi connectivity index (χ0n) is 23.6. The molecule has 0 amide bonds. The van der Waals surface area contributed by atoms with E-state index in [4.69, 9.17) is 0 Å². The van der Waals surface area contributed by atoms with Crippen LogP contribution in [0.4, 0.5) is 0 Å². The monoisotopic (exact) mass is 470 g/mol. The second-order valence-corrected chi connectivity index (χ2v) is 14.2. The van der Waals surface area contributed by atoms with Gasteiger partial charge in [-0.1, -0.05) is 142 Å². The summed E-state index contributed by atoms with van der Waals surface area (Å²) in [7, 11) is 0. The van der Waals surface area contributed by atoms with Gasteiger partial charge in [-0.25, -0.2) is 0 Å². The van der Waals surface area contributed by atoms with E-state index in [1.165, 1.54) is 89.9 Å². The molecule has 4 saturated carbocycles. The second-order valence-electron chi connectivity index (χ2n) is 14.2. The van der Waals surface area contributed by atoms with Crippen LogP contribution in [0.15, 0.2) is 0 Å². The molecule has 4 fully saturated rings. The van der Waals surface area contributed by atoms with Gasteiger partial charge in [0.2, 0.25) is 0 Å². The first-order valence-corrected chi connectivity index (χ1v) is 16.7. The Morgan fingerprint density at radius 1 is 0.294 bits per heavy atom. The molecule has 34 heavy (non-hydrogen) atoms. The van der Waals surface area contributed by atoms with Crippen LogP contribution in [0.1, 0.15) is 168 Å². The number of hydrogen-bond acceptors (Lipinski definition) is 0. The molecule has 0 bridgehead atoms. The lowest BCUT2D eigenvalue weighted by molar-refractivity contribution is 0.0679. The Morgan fingerprint density at radius 2 is 0.735 bits per heavy atom. The quantitative estimate of drug-likeness (QED) is 0.384. The maximum absolute atomic E-state index is 2.58. The molecule has 4 aliphatic rings. The van der Waals surface area contributed by atoms with Gasteiger partial charge in [-0.15, -0.1) is 0 Å². The van der Waals surface area contributed by atoms with Gasteiger partial charge in [-0.05, 0) is 73.0 Å². The Hall–Kier alpha value is 0. The van der Waals surface area contributed by atoms with E-state index in [0.29, 0.717) is 0 Å². The molecule has 4 aliphatic carbocycles. The molecule has 4 rings (SSSR count). The fourth-order valence-corrected chi connectivity index (χ4v) is 9.42. The normalized spacial score (nSPS) is 39.4. The number of hydrogen-bond donors (Lipinski definition) is 0. The summed E-state index contributed by atoms with van der Waals surface area (Å²) < 4.78 is 0. The van der Waals surface area contributed by atoms with E-state index >= 15 is 0 Å². The highest BCUT2D eigenvalue weighted by molar-refractivity contribution is 4.88. The SMILES string of the molecule is CC1CCCCC(C2CCCCCC(C)CCC2C2CCCCC2)CC(C2CCCCC2)CC1. The van der Waals surface area contributed by atoms with Crippen LogP contribution >= 0.6 is 0 Å². The molecule has 6 atom stereocenters. The van der Waals surface area contributed by atoms with Gasteiger partial charge in [0.1, 0.15) is 0 Å². The van der Waals surface area contributed by atoms with Crippen molar-refractivity contribution in [1.29, 1.82) is 0 Å². The topological polar surface area (TPSA) is 0 Å². The lowest BCUT2D eigenvalue weighted by atomic mass is 9.62. The third-order valence-electron chi connectivity index (χ3n) is 11.6. The van der Waals surface area contributed by atoms with Crippen molar-refractivity contribution in [3.63, 3.8) is 0 Å². The predicted molar refractivity (Wildman–Crippen MR) is 150 cm³/mol. The van der Waals surface area contributed by atoms with E-state index in [-0.39, 0.29) is 0 Å². The van der Waals surface area contributed by atoms with Crippen LogP contribution in [0.2, 0.25) is 0 Å². The van der Waals surface area contributed by atoms with Crippen LogP contribution in [-0.4, -0.2) is 0 Å². The Bertz CT molecular complexity index is 524. The number of rotatable bonds is 3. The summed E-state index contributed by atoms with van der Waals surface area (Å²) in [6, 6.07) is 0. The van der Waals surface area contributed by atoms with Crippen molar-refractivity contribution in [2.45, 2.75) is 168 Å². The molecule has 0 aliphatic heterocycles. The summed E-state index contributed by atoms with van der Waals surface area (Å²) in [6.07, 6.45) is 37.1. The Balaban J connectivity index is 1.55. The average Bonchev–Trinajstić information content (AvgIpc) is 2.88. The maximum Gasteiger partial charge on any atom is -0.0355 e. The molecular formula is C34H62. The fourth-order valence-electron chi connectivity index (χ4n) is 9.42. The Morgan fingerprint density at radius 3 is 1.41 bits per heavy atom. The molecular weight excluding hydrogens is 408 g/mol. The van der Waals surface area contributed by atoms with Crippen LogP contribution in [0.25, 0.3) is 0 Å². The second kappa shape index (κ2) is 14.7. The highest BCUT2D eigenvalue weighted by Gasteiger charge is 2.37. The molecule has 0 N–H and O–H groups in total. The fraction of sp³-hybridized carbons (Fsp3) is 1.00. The molecule has 0 spiro atoms. The standard InChI is InChI=1S/C34H62/c1-27-15-12-13-20-32(26-31(24-22-27)29-16-7-4-8-17-29)33-21-11-3-6-14-28(2)23-25-34(33)30-18-9-5-10-19-30/h27-34H,3-26H2,1-2H3. The van der Waals surface area contributed by atoms with Crippen LogP contribution < -0.4 is 0 Å². The van der Waals surface area contributed by atoms with E-state index in [9.17, 15) is 0 Å². The van der Waals surface area contributed by atoms with Gasteiger partial charge in [0.25, 0.3) is 0 Å². The van der Waals surface area contributed by atoms with E-state index in [1.54, 1.807) is 64.2 Å². The third kappa shape index (κ3) is 8.26. The minimum absolute atomic E-state index is 0.977. The van der Waals surface area contributed by atoms with Crippen molar-refractivity contribution in [2.24, 2.45) is 47.3 Å². The zero-order chi connectivity index (χ0) is 23.6. The van der Waals surface area contributed by atoms with Crippen molar-refractivity contribution in [3.8, 4) is 0 Å². The van der Waals surface area contributed by atoms with Crippen molar-refractivity contribution < 1.29 is 0 Å². The van der Waals surface area contributed by atoms with Crippen LogP contribution in [0.5, 0.6) is 0 Å². The molecule has 0 aromatic heterocycles. The van der Waals surface area contributed by atoms with E-state index in [2.05, 4.69) is 13.8 Å². The molecule has 0 heteroatoms. The Labute approximate surface area is 215 Å². The summed E-state index contributed by atoms with van der Waals surface area (Å²) in [5.74, 6) is 8.37. The van der Waals surface area contributed by atoms with Crippen LogP contribution in [0, 0.1) is 47.3 Å². The third-order valence-corrected chi connectivity index (χ3v) is 11.6. The molecule has 6 unspecified atom stereocenters. The van der Waals surface area contributed by atoms with Gasteiger partial charge in [0.05, 0.1) is 0 Å². The molecule has 0 heterocycles. The highest BCUT2D eigenvalue weighted by Crippen LogP contribution is 2.48. The summed E-state index contributed by atoms with van der Waals surface area (Å²) in [4.78, 5) is 0. The largest absolute Gasteiger partial charge is 0.0625 e. The summed E-state index contributed by atoms with van der Waals surface area (Å²) in [6.45, 7) is 5.15. The van der Waals surface area contributed by atoms with Gasteiger partial charge in [0, 0.05) is 0 Å². The van der Waals surface area contributed by atoms with E-state index in [0.717, 1.165) is 47.3 Å². The summed E-state index contributed by atoms with van der Waals surface area (Å²) in [5.41, 5.74) is 0. The van der Waals surface area contributed by atoms with Crippen LogP contribution in [-0.2, 0) is 0 Å². The maximum atomic E-state index is 2.58. The van der Waals surface area contributed by atoms with Gasteiger partial charge in [-0.2, -0.15) is 0 Å². The van der Waals surface area contributed by atoms with Gasteiger partial charge in [0.15, 0.2) is 0 Å².